The molecule has 1 fully saturated rings. The van der Waals surface area contributed by atoms with Crippen molar-refractivity contribution in [1.29, 1.82) is 0 Å². The number of aliphatic hydroxyl groups is 1. The van der Waals surface area contributed by atoms with Crippen LogP contribution in [-0.4, -0.2) is 10.7 Å². The minimum Gasteiger partial charge on any atom is -0.390 e. The van der Waals surface area contributed by atoms with Crippen molar-refractivity contribution in [2.45, 2.75) is 44.6 Å². The summed E-state index contributed by atoms with van der Waals surface area (Å²) in [7, 11) is 0. The molecule has 0 bridgehead atoms. The third-order valence-electron chi connectivity index (χ3n) is 2.01. The summed E-state index contributed by atoms with van der Waals surface area (Å²) < 4.78 is 0. The van der Waals surface area contributed by atoms with Crippen molar-refractivity contribution in [1.82, 2.24) is 0 Å². The molecule has 1 nitrogen and oxygen atoms in total. The molecule has 10 heavy (non-hydrogen) atoms. The largest absolute Gasteiger partial charge is 0.390 e. The summed E-state index contributed by atoms with van der Waals surface area (Å²) in [6.07, 6.45) is 9.48. The minimum atomic E-state index is -0.252. The van der Waals surface area contributed by atoms with Crippen molar-refractivity contribution in [3.05, 3.63) is 12.2 Å². The fourth-order valence-electron chi connectivity index (χ4n) is 1.03. The van der Waals surface area contributed by atoms with E-state index in [0.29, 0.717) is 0 Å². The fraction of sp³-hybridized carbons (Fsp3) is 0.778. The van der Waals surface area contributed by atoms with E-state index in [4.69, 9.17) is 0 Å². The van der Waals surface area contributed by atoms with Crippen molar-refractivity contribution in [3.8, 4) is 0 Å². The molecule has 0 atom stereocenters. The van der Waals surface area contributed by atoms with Gasteiger partial charge in [0, 0.05) is 0 Å². The predicted octanol–water partition coefficient (Wildman–Crippen LogP) is 2.26. The van der Waals surface area contributed by atoms with Crippen molar-refractivity contribution in [2.75, 3.05) is 0 Å². The summed E-state index contributed by atoms with van der Waals surface area (Å²) in [5.41, 5.74) is -0.252. The standard InChI is InChI=1S/C9H16O/c1-2-3-4-5-6-9(10)7-8-9/h3-4,10H,2,5-8H2,1H3/b4-3+. The first-order valence-electron chi connectivity index (χ1n) is 4.14. The molecule has 1 N–H and O–H groups in total. The summed E-state index contributed by atoms with van der Waals surface area (Å²) in [6.45, 7) is 2.13. The highest BCUT2D eigenvalue weighted by Gasteiger charge is 2.38. The van der Waals surface area contributed by atoms with Gasteiger partial charge in [0.15, 0.2) is 0 Å². The summed E-state index contributed by atoms with van der Waals surface area (Å²) >= 11 is 0. The minimum absolute atomic E-state index is 0.252. The maximum atomic E-state index is 9.39. The molecule has 0 radical (unpaired) electrons. The molecule has 0 heterocycles. The van der Waals surface area contributed by atoms with Crippen LogP contribution in [-0.2, 0) is 0 Å². The Morgan fingerprint density at radius 2 is 2.10 bits per heavy atom. The van der Waals surface area contributed by atoms with Gasteiger partial charge in [-0.2, -0.15) is 0 Å². The van der Waals surface area contributed by atoms with Gasteiger partial charge in [0.2, 0.25) is 0 Å². The van der Waals surface area contributed by atoms with Gasteiger partial charge in [-0.05, 0) is 32.1 Å². The first-order chi connectivity index (χ1) is 4.77. The van der Waals surface area contributed by atoms with E-state index in [1.807, 2.05) is 0 Å². The maximum absolute atomic E-state index is 9.39. The van der Waals surface area contributed by atoms with E-state index in [-0.39, 0.29) is 5.60 Å². The van der Waals surface area contributed by atoms with Gasteiger partial charge in [-0.25, -0.2) is 0 Å². The average molecular weight is 140 g/mol. The third kappa shape index (κ3) is 2.53. The third-order valence-corrected chi connectivity index (χ3v) is 2.01. The lowest BCUT2D eigenvalue weighted by Crippen LogP contribution is -2.04. The number of allylic oxidation sites excluding steroid dienone is 2. The summed E-state index contributed by atoms with van der Waals surface area (Å²) in [5.74, 6) is 0. The zero-order valence-electron chi connectivity index (χ0n) is 6.64. The first kappa shape index (κ1) is 7.80. The fourth-order valence-corrected chi connectivity index (χ4v) is 1.03. The lowest BCUT2D eigenvalue weighted by atomic mass is 10.1. The zero-order valence-corrected chi connectivity index (χ0v) is 6.64. The van der Waals surface area contributed by atoms with Crippen LogP contribution in [0.1, 0.15) is 39.0 Å². The SMILES string of the molecule is CC/C=C/CCC1(O)CC1. The molecule has 0 aromatic carbocycles. The highest BCUT2D eigenvalue weighted by molar-refractivity contribution is 4.95. The van der Waals surface area contributed by atoms with Crippen LogP contribution in [0, 0.1) is 0 Å². The second kappa shape index (κ2) is 3.20. The molecule has 0 spiro atoms. The van der Waals surface area contributed by atoms with Crippen LogP contribution in [0.25, 0.3) is 0 Å². The summed E-state index contributed by atoms with van der Waals surface area (Å²) in [6, 6.07) is 0. The molecule has 58 valence electrons. The lowest BCUT2D eigenvalue weighted by Gasteiger charge is -2.02. The Kier molecular flexibility index (Phi) is 2.50. The molecule has 0 aromatic rings. The molecule has 1 aliphatic rings. The predicted molar refractivity (Wildman–Crippen MR) is 42.8 cm³/mol. The zero-order chi connectivity index (χ0) is 7.45. The Balaban J connectivity index is 2.00. The average Bonchev–Trinajstić information content (AvgIpc) is 2.62. The molecular formula is C9H16O. The van der Waals surface area contributed by atoms with E-state index in [2.05, 4.69) is 19.1 Å². The molecule has 0 amide bonds. The Bertz CT molecular complexity index is 123. The lowest BCUT2D eigenvalue weighted by molar-refractivity contribution is 0.141. The normalized spacial score (nSPS) is 21.8. The second-order valence-electron chi connectivity index (χ2n) is 3.14. The van der Waals surface area contributed by atoms with Gasteiger partial charge in [-0.15, -0.1) is 0 Å². The molecule has 0 saturated heterocycles. The van der Waals surface area contributed by atoms with Crippen LogP contribution >= 0.6 is 0 Å². The molecular weight excluding hydrogens is 124 g/mol. The van der Waals surface area contributed by atoms with Crippen molar-refractivity contribution < 1.29 is 5.11 Å². The van der Waals surface area contributed by atoms with E-state index >= 15 is 0 Å². The summed E-state index contributed by atoms with van der Waals surface area (Å²) in [5, 5.41) is 9.39. The smallest absolute Gasteiger partial charge is 0.0652 e. The van der Waals surface area contributed by atoms with Crippen molar-refractivity contribution in [2.24, 2.45) is 0 Å². The highest BCUT2D eigenvalue weighted by atomic mass is 16.3. The Labute approximate surface area is 62.8 Å². The first-order valence-corrected chi connectivity index (χ1v) is 4.14. The topological polar surface area (TPSA) is 20.2 Å². The summed E-state index contributed by atoms with van der Waals surface area (Å²) in [4.78, 5) is 0. The second-order valence-corrected chi connectivity index (χ2v) is 3.14. The molecule has 1 aliphatic carbocycles. The highest BCUT2D eigenvalue weighted by Crippen LogP contribution is 2.39. The molecule has 1 rings (SSSR count). The van der Waals surface area contributed by atoms with E-state index in [1.165, 1.54) is 0 Å². The van der Waals surface area contributed by atoms with Gasteiger partial charge >= 0.3 is 0 Å². The Morgan fingerprint density at radius 3 is 2.60 bits per heavy atom. The van der Waals surface area contributed by atoms with E-state index in [9.17, 15) is 5.11 Å². The van der Waals surface area contributed by atoms with Crippen LogP contribution in [0.3, 0.4) is 0 Å². The Morgan fingerprint density at radius 1 is 1.40 bits per heavy atom. The van der Waals surface area contributed by atoms with Crippen molar-refractivity contribution in [3.63, 3.8) is 0 Å². The van der Waals surface area contributed by atoms with Crippen LogP contribution in [0.15, 0.2) is 12.2 Å². The molecule has 1 saturated carbocycles. The van der Waals surface area contributed by atoms with E-state index < -0.39 is 0 Å². The van der Waals surface area contributed by atoms with Gasteiger partial charge in [0.05, 0.1) is 5.60 Å². The van der Waals surface area contributed by atoms with Gasteiger partial charge in [0.1, 0.15) is 0 Å². The number of hydrogen-bond donors (Lipinski definition) is 1. The van der Waals surface area contributed by atoms with Gasteiger partial charge in [-0.3, -0.25) is 0 Å². The molecule has 1 heteroatoms. The van der Waals surface area contributed by atoms with Gasteiger partial charge < -0.3 is 5.11 Å². The monoisotopic (exact) mass is 140 g/mol. The maximum Gasteiger partial charge on any atom is 0.0652 e. The van der Waals surface area contributed by atoms with Crippen LogP contribution in [0.5, 0.6) is 0 Å². The molecule has 0 unspecified atom stereocenters. The van der Waals surface area contributed by atoms with E-state index in [0.717, 1.165) is 32.1 Å². The van der Waals surface area contributed by atoms with Crippen LogP contribution in [0.4, 0.5) is 0 Å². The Hall–Kier alpha value is -0.300. The molecule has 0 aromatic heterocycles. The van der Waals surface area contributed by atoms with Gasteiger partial charge in [0.25, 0.3) is 0 Å². The number of hydrogen-bond acceptors (Lipinski definition) is 1. The van der Waals surface area contributed by atoms with Crippen LogP contribution in [0.2, 0.25) is 0 Å². The van der Waals surface area contributed by atoms with E-state index in [1.54, 1.807) is 0 Å². The quantitative estimate of drug-likeness (QED) is 0.594. The van der Waals surface area contributed by atoms with Crippen molar-refractivity contribution >= 4 is 0 Å². The molecule has 0 aliphatic heterocycles. The number of rotatable bonds is 4. The van der Waals surface area contributed by atoms with Gasteiger partial charge in [-0.1, -0.05) is 19.1 Å². The van der Waals surface area contributed by atoms with Crippen LogP contribution < -0.4 is 0 Å².